The van der Waals surface area contributed by atoms with E-state index in [2.05, 4.69) is 14.9 Å². The van der Waals surface area contributed by atoms with Gasteiger partial charge in [-0.2, -0.15) is 0 Å². The number of halogens is 1. The normalized spacial score (nSPS) is 10.9. The first-order valence-electron chi connectivity index (χ1n) is 8.18. The van der Waals surface area contributed by atoms with Gasteiger partial charge in [0.2, 0.25) is 5.91 Å². The average Bonchev–Trinajstić information content (AvgIpc) is 2.87. The predicted molar refractivity (Wildman–Crippen MR) is 97.4 cm³/mol. The molecule has 1 N–H and O–H groups in total. The van der Waals surface area contributed by atoms with Crippen LogP contribution in [0.1, 0.15) is 17.0 Å². The van der Waals surface area contributed by atoms with Gasteiger partial charge >= 0.3 is 0 Å². The second-order valence-corrected chi connectivity index (χ2v) is 6.67. The van der Waals surface area contributed by atoms with E-state index >= 15 is 0 Å². The van der Waals surface area contributed by atoms with Gasteiger partial charge in [0.25, 0.3) is 0 Å². The monoisotopic (exact) mass is 365 g/mol. The lowest BCUT2D eigenvalue weighted by atomic mass is 10.1. The number of ether oxygens (including phenoxy) is 1. The van der Waals surface area contributed by atoms with Gasteiger partial charge in [0.1, 0.15) is 5.82 Å². The Labute approximate surface area is 152 Å². The van der Waals surface area contributed by atoms with Crippen LogP contribution in [0.2, 0.25) is 0 Å². The van der Waals surface area contributed by atoms with E-state index in [0.717, 1.165) is 28.7 Å². The Balaban J connectivity index is 1.79. The number of benzene rings is 1. The first-order chi connectivity index (χ1) is 12.0. The van der Waals surface area contributed by atoms with E-state index in [-0.39, 0.29) is 11.7 Å². The largest absolute Gasteiger partial charge is 0.383 e. The first-order valence-corrected chi connectivity index (χ1v) is 9.16. The molecule has 0 aliphatic rings. The van der Waals surface area contributed by atoms with Gasteiger partial charge in [-0.1, -0.05) is 23.9 Å². The third kappa shape index (κ3) is 5.86. The summed E-state index contributed by atoms with van der Waals surface area (Å²) in [4.78, 5) is 16.6. The van der Waals surface area contributed by atoms with Gasteiger partial charge in [0.15, 0.2) is 5.16 Å². The van der Waals surface area contributed by atoms with Crippen LogP contribution in [0.25, 0.3) is 0 Å². The summed E-state index contributed by atoms with van der Waals surface area (Å²) in [5, 5.41) is 3.72. The average molecular weight is 365 g/mol. The molecule has 0 aliphatic heterocycles. The van der Waals surface area contributed by atoms with Crippen molar-refractivity contribution >= 4 is 17.7 Å². The number of methoxy groups -OCH3 is 1. The lowest BCUT2D eigenvalue weighted by Gasteiger charge is -2.09. The fraction of sp³-hybridized carbons (Fsp3) is 0.444. The predicted octanol–water partition coefficient (Wildman–Crippen LogP) is 2.74. The van der Waals surface area contributed by atoms with E-state index in [9.17, 15) is 9.18 Å². The Kier molecular flexibility index (Phi) is 7.46. The summed E-state index contributed by atoms with van der Waals surface area (Å²) in [5.41, 5.74) is 3.06. The zero-order valence-electron chi connectivity index (χ0n) is 14.8. The molecule has 0 atom stereocenters. The van der Waals surface area contributed by atoms with Crippen molar-refractivity contribution in [3.05, 3.63) is 47.0 Å². The molecule has 2 rings (SSSR count). The summed E-state index contributed by atoms with van der Waals surface area (Å²) in [5.74, 6) is 0.0224. The van der Waals surface area contributed by atoms with Gasteiger partial charge in [-0.25, -0.2) is 9.37 Å². The Hall–Kier alpha value is -1.86. The molecule has 0 fully saturated rings. The lowest BCUT2D eigenvalue weighted by molar-refractivity contribution is -0.118. The van der Waals surface area contributed by atoms with E-state index in [1.807, 2.05) is 13.8 Å². The second-order valence-electron chi connectivity index (χ2n) is 5.72. The van der Waals surface area contributed by atoms with Gasteiger partial charge in [-0.3, -0.25) is 4.79 Å². The quantitative estimate of drug-likeness (QED) is 0.694. The van der Waals surface area contributed by atoms with Crippen molar-refractivity contribution in [1.82, 2.24) is 14.9 Å². The number of nitrogens with one attached hydrogen (secondary N) is 1. The van der Waals surface area contributed by atoms with Crippen LogP contribution in [-0.4, -0.2) is 41.5 Å². The molecule has 2 aromatic rings. The third-order valence-electron chi connectivity index (χ3n) is 3.92. The maximum Gasteiger partial charge on any atom is 0.230 e. The van der Waals surface area contributed by atoms with Crippen molar-refractivity contribution in [1.29, 1.82) is 0 Å². The number of carbonyl (C=O) groups is 1. The molecule has 25 heavy (non-hydrogen) atoms. The van der Waals surface area contributed by atoms with Crippen LogP contribution in [0, 0.1) is 19.7 Å². The molecule has 0 bridgehead atoms. The van der Waals surface area contributed by atoms with Gasteiger partial charge in [-0.15, -0.1) is 0 Å². The molecule has 0 spiro atoms. The van der Waals surface area contributed by atoms with E-state index in [1.54, 1.807) is 19.2 Å². The Morgan fingerprint density at radius 3 is 2.72 bits per heavy atom. The van der Waals surface area contributed by atoms with Crippen LogP contribution in [-0.2, 0) is 22.5 Å². The molecule has 0 radical (unpaired) electrons. The number of nitrogens with zero attached hydrogens (tertiary/aromatic N) is 2. The summed E-state index contributed by atoms with van der Waals surface area (Å²) >= 11 is 1.42. The number of amides is 1. The van der Waals surface area contributed by atoms with E-state index < -0.39 is 0 Å². The van der Waals surface area contributed by atoms with Crippen LogP contribution in [0.3, 0.4) is 0 Å². The molecule has 0 saturated heterocycles. The minimum Gasteiger partial charge on any atom is -0.383 e. The number of thioether (sulfide) groups is 1. The highest BCUT2D eigenvalue weighted by atomic mass is 32.2. The van der Waals surface area contributed by atoms with Crippen LogP contribution in [0.15, 0.2) is 29.4 Å². The highest BCUT2D eigenvalue weighted by Gasteiger charge is 2.13. The zero-order valence-corrected chi connectivity index (χ0v) is 15.7. The number of aromatic nitrogens is 2. The topological polar surface area (TPSA) is 56.1 Å². The van der Waals surface area contributed by atoms with Crippen LogP contribution >= 0.6 is 11.8 Å². The first kappa shape index (κ1) is 19.5. The van der Waals surface area contributed by atoms with Crippen LogP contribution in [0.4, 0.5) is 4.39 Å². The molecular weight excluding hydrogens is 341 g/mol. The number of hydrogen-bond acceptors (Lipinski definition) is 4. The zero-order chi connectivity index (χ0) is 18.2. The maximum atomic E-state index is 12.9. The standard InChI is InChI=1S/C18H24FN3O2S/c1-13-14(2)22(10-11-24-3)18(21-13)25-12-17(23)20-9-8-15-4-6-16(19)7-5-15/h4-7H,8-12H2,1-3H3,(H,20,23). The molecule has 5 nitrogen and oxygen atoms in total. The fourth-order valence-corrected chi connectivity index (χ4v) is 3.31. The summed E-state index contributed by atoms with van der Waals surface area (Å²) in [6.07, 6.45) is 0.678. The molecule has 136 valence electrons. The summed E-state index contributed by atoms with van der Waals surface area (Å²) < 4.78 is 20.1. The smallest absolute Gasteiger partial charge is 0.230 e. The van der Waals surface area contributed by atoms with Gasteiger partial charge in [0, 0.05) is 25.9 Å². The Bertz CT molecular complexity index is 701. The molecule has 0 aliphatic carbocycles. The van der Waals surface area contributed by atoms with Crippen molar-refractivity contribution in [3.63, 3.8) is 0 Å². The number of imidazole rings is 1. The minimum absolute atomic E-state index is 0.0382. The maximum absolute atomic E-state index is 12.9. The van der Waals surface area contributed by atoms with Crippen molar-refractivity contribution in [3.8, 4) is 0 Å². The van der Waals surface area contributed by atoms with Crippen LogP contribution in [0.5, 0.6) is 0 Å². The summed E-state index contributed by atoms with van der Waals surface area (Å²) in [7, 11) is 1.67. The van der Waals surface area contributed by atoms with E-state index in [0.29, 0.717) is 25.3 Å². The molecule has 1 amide bonds. The Morgan fingerprint density at radius 2 is 2.04 bits per heavy atom. The molecule has 7 heteroatoms. The molecule has 0 unspecified atom stereocenters. The van der Waals surface area contributed by atoms with Gasteiger partial charge in [0.05, 0.1) is 18.1 Å². The SMILES string of the molecule is COCCn1c(SCC(=O)NCCc2ccc(F)cc2)nc(C)c1C. The third-order valence-corrected chi connectivity index (χ3v) is 4.90. The van der Waals surface area contributed by atoms with Crippen molar-refractivity contribution < 1.29 is 13.9 Å². The fourth-order valence-electron chi connectivity index (χ4n) is 2.36. The highest BCUT2D eigenvalue weighted by Crippen LogP contribution is 2.20. The highest BCUT2D eigenvalue weighted by molar-refractivity contribution is 7.99. The van der Waals surface area contributed by atoms with Crippen LogP contribution < -0.4 is 5.32 Å². The summed E-state index contributed by atoms with van der Waals surface area (Å²) in [6.45, 7) is 5.84. The van der Waals surface area contributed by atoms with E-state index in [4.69, 9.17) is 4.74 Å². The minimum atomic E-state index is -0.251. The molecule has 0 saturated carbocycles. The second kappa shape index (κ2) is 9.58. The van der Waals surface area contributed by atoms with Crippen molar-refractivity contribution in [2.24, 2.45) is 0 Å². The molecule has 1 heterocycles. The van der Waals surface area contributed by atoms with Crippen molar-refractivity contribution in [2.75, 3.05) is 26.0 Å². The lowest BCUT2D eigenvalue weighted by Crippen LogP contribution is -2.27. The van der Waals surface area contributed by atoms with E-state index in [1.165, 1.54) is 23.9 Å². The number of hydrogen-bond donors (Lipinski definition) is 1. The molecule has 1 aromatic carbocycles. The van der Waals surface area contributed by atoms with Gasteiger partial charge in [-0.05, 0) is 38.0 Å². The molecular formula is C18H24FN3O2S. The summed E-state index contributed by atoms with van der Waals surface area (Å²) in [6, 6.07) is 6.32. The Morgan fingerprint density at radius 1 is 1.32 bits per heavy atom. The number of carbonyl (C=O) groups excluding carboxylic acids is 1. The van der Waals surface area contributed by atoms with Crippen molar-refractivity contribution in [2.45, 2.75) is 32.0 Å². The number of aryl methyl sites for hydroxylation is 1. The molecule has 1 aromatic heterocycles. The number of rotatable bonds is 9. The van der Waals surface area contributed by atoms with Gasteiger partial charge < -0.3 is 14.6 Å².